The highest BCUT2D eigenvalue weighted by Gasteiger charge is 2.42. The number of hydrogen-bond donors (Lipinski definition) is 1. The number of aromatic nitrogens is 1. The van der Waals surface area contributed by atoms with E-state index < -0.39 is 28.7 Å². The van der Waals surface area contributed by atoms with Crippen molar-refractivity contribution < 1.29 is 24.0 Å². The van der Waals surface area contributed by atoms with Gasteiger partial charge in [0, 0.05) is 29.0 Å². The molecule has 0 fully saturated rings. The third kappa shape index (κ3) is 6.56. The molecule has 228 valence electrons. The van der Waals surface area contributed by atoms with Crippen molar-refractivity contribution in [2.24, 2.45) is 5.92 Å². The molecule has 0 amide bonds. The molecule has 6 aromatic rings. The number of fused-ring (bicyclic) bond motifs is 1. The lowest BCUT2D eigenvalue weighted by atomic mass is 9.78. The minimum Gasteiger partial charge on any atom is -0.460 e. The molecule has 0 saturated heterocycles. The summed E-state index contributed by atoms with van der Waals surface area (Å²) in [5, 5.41) is 12.4. The van der Waals surface area contributed by atoms with E-state index in [9.17, 15) is 19.7 Å². The van der Waals surface area contributed by atoms with Gasteiger partial charge in [0.2, 0.25) is 0 Å². The second-order valence-electron chi connectivity index (χ2n) is 10.8. The first kappa shape index (κ1) is 30.0. The van der Waals surface area contributed by atoms with Crippen molar-refractivity contribution >= 4 is 28.5 Å². The Bertz CT molecular complexity index is 1900. The number of nitrogens with zero attached hydrogens (tertiary/aromatic N) is 1. The summed E-state index contributed by atoms with van der Waals surface area (Å²) in [5.41, 5.74) is 4.96. The number of esters is 2. The number of H-pyrrole nitrogens is 1. The molecule has 1 atom stereocenters. The van der Waals surface area contributed by atoms with Crippen LogP contribution in [0.2, 0.25) is 0 Å². The first-order valence-electron chi connectivity index (χ1n) is 14.8. The zero-order chi connectivity index (χ0) is 31.9. The van der Waals surface area contributed by atoms with Crippen LogP contribution >= 0.6 is 0 Å². The van der Waals surface area contributed by atoms with Crippen molar-refractivity contribution in [1.29, 1.82) is 0 Å². The minimum absolute atomic E-state index is 0.0471. The summed E-state index contributed by atoms with van der Waals surface area (Å²) in [6.07, 6.45) is 0. The van der Waals surface area contributed by atoms with Crippen molar-refractivity contribution in [2.45, 2.75) is 19.1 Å². The lowest BCUT2D eigenvalue weighted by Crippen LogP contribution is -2.34. The number of hydrogen-bond acceptors (Lipinski definition) is 6. The van der Waals surface area contributed by atoms with Gasteiger partial charge in [0.05, 0.1) is 10.6 Å². The molecule has 46 heavy (non-hydrogen) atoms. The van der Waals surface area contributed by atoms with Gasteiger partial charge >= 0.3 is 11.9 Å². The van der Waals surface area contributed by atoms with Crippen LogP contribution < -0.4 is 0 Å². The number of ether oxygens (including phenoxy) is 2. The Kier molecular flexibility index (Phi) is 8.97. The molecule has 0 aliphatic heterocycles. The molecule has 0 radical (unpaired) electrons. The Labute approximate surface area is 265 Å². The molecule has 8 heteroatoms. The highest BCUT2D eigenvalue weighted by Crippen LogP contribution is 2.44. The first-order valence-corrected chi connectivity index (χ1v) is 14.8. The van der Waals surface area contributed by atoms with Crippen LogP contribution in [0.15, 0.2) is 140 Å². The van der Waals surface area contributed by atoms with E-state index in [1.807, 2.05) is 115 Å². The lowest BCUT2D eigenvalue weighted by Gasteiger charge is -2.26. The molecule has 0 bridgehead atoms. The van der Waals surface area contributed by atoms with Gasteiger partial charge in [-0.1, -0.05) is 121 Å². The van der Waals surface area contributed by atoms with Crippen molar-refractivity contribution in [3.05, 3.63) is 172 Å². The van der Waals surface area contributed by atoms with Crippen molar-refractivity contribution in [2.75, 3.05) is 0 Å². The van der Waals surface area contributed by atoms with Gasteiger partial charge in [-0.15, -0.1) is 0 Å². The number of aromatic amines is 1. The van der Waals surface area contributed by atoms with Crippen LogP contribution in [0.25, 0.3) is 22.2 Å². The number of nitro groups is 1. The van der Waals surface area contributed by atoms with Crippen LogP contribution in [0.1, 0.15) is 28.2 Å². The molecule has 5 aromatic carbocycles. The van der Waals surface area contributed by atoms with Gasteiger partial charge in [-0.05, 0) is 33.9 Å². The van der Waals surface area contributed by atoms with Gasteiger partial charge in [-0.25, -0.2) is 0 Å². The summed E-state index contributed by atoms with van der Waals surface area (Å²) in [4.78, 5) is 43.0. The highest BCUT2D eigenvalue weighted by molar-refractivity contribution is 6.00. The smallest absolute Gasteiger partial charge is 0.321 e. The summed E-state index contributed by atoms with van der Waals surface area (Å²) in [6.45, 7) is -0.0942. The predicted octanol–water partition coefficient (Wildman–Crippen LogP) is 7.98. The van der Waals surface area contributed by atoms with Crippen LogP contribution in [0, 0.1) is 16.0 Å². The number of benzene rings is 5. The van der Waals surface area contributed by atoms with Gasteiger partial charge in [0.15, 0.2) is 5.92 Å². The first-order chi connectivity index (χ1) is 22.5. The normalized spacial score (nSPS) is 11.7. The number of rotatable bonds is 11. The van der Waals surface area contributed by atoms with E-state index in [0.29, 0.717) is 16.8 Å². The highest BCUT2D eigenvalue weighted by atomic mass is 16.6. The number of nitro benzene ring substituents is 1. The minimum atomic E-state index is -1.45. The molecule has 0 unspecified atom stereocenters. The number of para-hydroxylation sites is 1. The van der Waals surface area contributed by atoms with Crippen LogP contribution in [0.5, 0.6) is 0 Å². The number of carbonyl (C=O) groups excluding carboxylic acids is 2. The maximum atomic E-state index is 14.2. The average molecular weight is 611 g/mol. The largest absolute Gasteiger partial charge is 0.460 e. The third-order valence-corrected chi connectivity index (χ3v) is 7.87. The Morgan fingerprint density at radius 3 is 1.70 bits per heavy atom. The molecule has 0 spiro atoms. The molecular formula is C38H30N2O6. The van der Waals surface area contributed by atoms with E-state index in [-0.39, 0.29) is 18.9 Å². The fraction of sp³-hybridized carbons (Fsp3) is 0.105. The van der Waals surface area contributed by atoms with E-state index in [1.54, 1.807) is 12.1 Å². The van der Waals surface area contributed by atoms with Crippen molar-refractivity contribution in [3.63, 3.8) is 0 Å². The summed E-state index contributed by atoms with van der Waals surface area (Å²) in [7, 11) is 0. The number of nitrogens with one attached hydrogen (secondary N) is 1. The SMILES string of the molecule is O=C(OCc1ccccc1)C(C(=O)OCc1ccccc1)[C@H](c1ccc([N+](=O)[O-])cc1)c1c(-c2ccccc2)[nH]c2ccccc12. The van der Waals surface area contributed by atoms with E-state index in [4.69, 9.17) is 9.47 Å². The Hall–Kier alpha value is -6.02. The predicted molar refractivity (Wildman–Crippen MR) is 175 cm³/mol. The summed E-state index contributed by atoms with van der Waals surface area (Å²) < 4.78 is 11.7. The van der Waals surface area contributed by atoms with E-state index in [2.05, 4.69) is 4.98 Å². The third-order valence-electron chi connectivity index (χ3n) is 7.87. The summed E-state index contributed by atoms with van der Waals surface area (Å²) in [5.74, 6) is -3.92. The standard InChI is InChI=1S/C38H30N2O6/c41-37(45-24-26-12-4-1-5-13-26)35(38(42)46-25-27-14-6-2-7-15-27)33(28-20-22-30(23-21-28)40(43)44)34-31-18-10-11-19-32(31)39-36(34)29-16-8-3-9-17-29/h1-23,33,35,39H,24-25H2/t33-/m1/s1. The van der Waals surface area contributed by atoms with Gasteiger partial charge < -0.3 is 14.5 Å². The van der Waals surface area contributed by atoms with E-state index in [0.717, 1.165) is 27.6 Å². The fourth-order valence-electron chi connectivity index (χ4n) is 5.65. The monoisotopic (exact) mass is 610 g/mol. The van der Waals surface area contributed by atoms with E-state index in [1.165, 1.54) is 12.1 Å². The van der Waals surface area contributed by atoms with Crippen LogP contribution in [0.4, 0.5) is 5.69 Å². The molecule has 6 rings (SSSR count). The molecule has 0 aliphatic carbocycles. The molecule has 1 aromatic heterocycles. The van der Waals surface area contributed by atoms with Gasteiger partial charge in [0.25, 0.3) is 5.69 Å². The topological polar surface area (TPSA) is 112 Å². The maximum absolute atomic E-state index is 14.2. The van der Waals surface area contributed by atoms with Gasteiger partial charge in [0.1, 0.15) is 13.2 Å². The van der Waals surface area contributed by atoms with Crippen LogP contribution in [-0.2, 0) is 32.3 Å². The van der Waals surface area contributed by atoms with Gasteiger partial charge in [-0.2, -0.15) is 0 Å². The van der Waals surface area contributed by atoms with Gasteiger partial charge in [-0.3, -0.25) is 19.7 Å². The van der Waals surface area contributed by atoms with Crippen molar-refractivity contribution in [1.82, 2.24) is 4.98 Å². The molecule has 1 N–H and O–H groups in total. The molecule has 1 heterocycles. The zero-order valence-electron chi connectivity index (χ0n) is 24.7. The molecule has 0 saturated carbocycles. The fourth-order valence-corrected chi connectivity index (χ4v) is 5.65. The Morgan fingerprint density at radius 2 is 1.15 bits per heavy atom. The van der Waals surface area contributed by atoms with E-state index >= 15 is 0 Å². The Balaban J connectivity index is 1.52. The average Bonchev–Trinajstić information content (AvgIpc) is 3.49. The lowest BCUT2D eigenvalue weighted by molar-refractivity contribution is -0.384. The summed E-state index contributed by atoms with van der Waals surface area (Å²) in [6, 6.07) is 41.6. The summed E-state index contributed by atoms with van der Waals surface area (Å²) >= 11 is 0. The maximum Gasteiger partial charge on any atom is 0.321 e. The Morgan fingerprint density at radius 1 is 0.652 bits per heavy atom. The number of non-ortho nitro benzene ring substituents is 1. The quantitative estimate of drug-likeness (QED) is 0.0689. The second kappa shape index (κ2) is 13.7. The van der Waals surface area contributed by atoms with Crippen molar-refractivity contribution in [3.8, 4) is 11.3 Å². The molecular weight excluding hydrogens is 580 g/mol. The van der Waals surface area contributed by atoms with Crippen LogP contribution in [-0.4, -0.2) is 21.8 Å². The zero-order valence-corrected chi connectivity index (χ0v) is 24.7. The van der Waals surface area contributed by atoms with Crippen LogP contribution in [0.3, 0.4) is 0 Å². The second-order valence-corrected chi connectivity index (χ2v) is 10.8. The number of carbonyl (C=O) groups is 2. The molecule has 0 aliphatic rings. The molecule has 8 nitrogen and oxygen atoms in total.